The van der Waals surface area contributed by atoms with E-state index in [-0.39, 0.29) is 11.5 Å². The molecule has 1 aromatic carbocycles. The third-order valence-electron chi connectivity index (χ3n) is 3.68. The summed E-state index contributed by atoms with van der Waals surface area (Å²) in [6.07, 6.45) is 2.10. The molecule has 0 aliphatic rings. The van der Waals surface area contributed by atoms with Crippen molar-refractivity contribution in [2.24, 2.45) is 5.92 Å². The average molecular weight is 304 g/mol. The molecule has 2 unspecified atom stereocenters. The monoisotopic (exact) mass is 304 g/mol. The molecule has 0 spiro atoms. The molecular formula is C16H17FN2O3. The van der Waals surface area contributed by atoms with Crippen molar-refractivity contribution in [3.05, 3.63) is 41.8 Å². The number of amides is 1. The Morgan fingerprint density at radius 3 is 2.77 bits per heavy atom. The zero-order chi connectivity index (χ0) is 16.3. The molecule has 0 saturated carbocycles. The van der Waals surface area contributed by atoms with Crippen LogP contribution < -0.4 is 5.32 Å². The molecule has 1 aromatic heterocycles. The molecule has 0 bridgehead atoms. The number of nitrogens with zero attached hydrogens (tertiary/aromatic N) is 1. The predicted octanol–water partition coefficient (Wildman–Crippen LogP) is 2.60. The number of fused-ring (bicyclic) bond motifs is 1. The largest absolute Gasteiger partial charge is 0.480 e. The van der Waals surface area contributed by atoms with Crippen molar-refractivity contribution in [3.8, 4) is 0 Å². The zero-order valence-electron chi connectivity index (χ0n) is 12.3. The first-order valence-electron chi connectivity index (χ1n) is 7.02. The van der Waals surface area contributed by atoms with Crippen molar-refractivity contribution in [3.63, 3.8) is 0 Å². The van der Waals surface area contributed by atoms with Crippen molar-refractivity contribution < 1.29 is 19.1 Å². The molecule has 0 aliphatic heterocycles. The Labute approximate surface area is 127 Å². The van der Waals surface area contributed by atoms with Crippen LogP contribution in [0.3, 0.4) is 0 Å². The molecule has 0 saturated heterocycles. The second-order valence-electron chi connectivity index (χ2n) is 5.20. The minimum absolute atomic E-state index is 0.0325. The van der Waals surface area contributed by atoms with Crippen LogP contribution >= 0.6 is 0 Å². The van der Waals surface area contributed by atoms with Gasteiger partial charge in [0.05, 0.1) is 11.1 Å². The molecule has 0 aliphatic carbocycles. The van der Waals surface area contributed by atoms with Gasteiger partial charge in [-0.05, 0) is 24.1 Å². The number of carboxylic acids is 1. The number of carboxylic acid groups (broad SMARTS) is 1. The van der Waals surface area contributed by atoms with Crippen molar-refractivity contribution in [1.29, 1.82) is 0 Å². The normalized spacial score (nSPS) is 13.6. The molecule has 2 aromatic rings. The van der Waals surface area contributed by atoms with Gasteiger partial charge in [-0.2, -0.15) is 0 Å². The van der Waals surface area contributed by atoms with E-state index < -0.39 is 23.7 Å². The maximum atomic E-state index is 13.7. The number of carbonyl (C=O) groups excluding carboxylic acids is 1. The Morgan fingerprint density at radius 1 is 1.41 bits per heavy atom. The molecule has 22 heavy (non-hydrogen) atoms. The molecular weight excluding hydrogens is 287 g/mol. The maximum Gasteiger partial charge on any atom is 0.326 e. The summed E-state index contributed by atoms with van der Waals surface area (Å²) in [5.41, 5.74) is 0.375. The topological polar surface area (TPSA) is 79.3 Å². The van der Waals surface area contributed by atoms with Gasteiger partial charge in [0.25, 0.3) is 5.91 Å². The van der Waals surface area contributed by atoms with E-state index in [1.165, 1.54) is 12.3 Å². The summed E-state index contributed by atoms with van der Waals surface area (Å²) in [6, 6.07) is 4.61. The fourth-order valence-corrected chi connectivity index (χ4v) is 2.23. The van der Waals surface area contributed by atoms with Gasteiger partial charge in [0.2, 0.25) is 0 Å². The van der Waals surface area contributed by atoms with Gasteiger partial charge in [0, 0.05) is 11.6 Å². The molecule has 6 heteroatoms. The lowest BCUT2D eigenvalue weighted by molar-refractivity contribution is -0.140. The number of nitrogens with one attached hydrogen (secondary N) is 1. The van der Waals surface area contributed by atoms with Gasteiger partial charge < -0.3 is 10.4 Å². The summed E-state index contributed by atoms with van der Waals surface area (Å²) in [7, 11) is 0. The van der Waals surface area contributed by atoms with Crippen LogP contribution in [0, 0.1) is 11.7 Å². The highest BCUT2D eigenvalue weighted by Gasteiger charge is 2.26. The minimum atomic E-state index is -1.11. The van der Waals surface area contributed by atoms with Crippen molar-refractivity contribution in [1.82, 2.24) is 10.3 Å². The van der Waals surface area contributed by atoms with Gasteiger partial charge in [-0.1, -0.05) is 26.3 Å². The summed E-state index contributed by atoms with van der Waals surface area (Å²) < 4.78 is 13.7. The van der Waals surface area contributed by atoms with Crippen molar-refractivity contribution in [2.45, 2.75) is 26.3 Å². The van der Waals surface area contributed by atoms with E-state index in [0.717, 1.165) is 6.07 Å². The molecule has 0 radical (unpaired) electrons. The van der Waals surface area contributed by atoms with E-state index in [1.54, 1.807) is 19.1 Å². The van der Waals surface area contributed by atoms with Crippen LogP contribution in [-0.4, -0.2) is 28.0 Å². The first-order valence-corrected chi connectivity index (χ1v) is 7.02. The highest BCUT2D eigenvalue weighted by Crippen LogP contribution is 2.19. The zero-order valence-corrected chi connectivity index (χ0v) is 12.3. The number of aromatic nitrogens is 1. The summed E-state index contributed by atoms with van der Waals surface area (Å²) in [5, 5.41) is 12.2. The van der Waals surface area contributed by atoms with Crippen LogP contribution in [0.25, 0.3) is 10.9 Å². The smallest absolute Gasteiger partial charge is 0.326 e. The summed E-state index contributed by atoms with van der Waals surface area (Å²) >= 11 is 0. The van der Waals surface area contributed by atoms with E-state index in [4.69, 9.17) is 0 Å². The lowest BCUT2D eigenvalue weighted by atomic mass is 9.98. The number of aliphatic carboxylic acids is 1. The van der Waals surface area contributed by atoms with E-state index >= 15 is 0 Å². The summed E-state index contributed by atoms with van der Waals surface area (Å²) in [4.78, 5) is 27.7. The number of benzene rings is 1. The molecule has 116 valence electrons. The number of carbonyl (C=O) groups is 2. The third-order valence-corrected chi connectivity index (χ3v) is 3.68. The quantitative estimate of drug-likeness (QED) is 0.890. The number of halogens is 1. The molecule has 2 rings (SSSR count). The Balaban J connectivity index is 2.39. The van der Waals surface area contributed by atoms with Gasteiger partial charge in [-0.15, -0.1) is 0 Å². The number of hydrogen-bond donors (Lipinski definition) is 2. The third kappa shape index (κ3) is 3.21. The fourth-order valence-electron chi connectivity index (χ4n) is 2.23. The molecule has 1 amide bonds. The molecule has 2 atom stereocenters. The standard InChI is InChI=1S/C16H17FN2O3/c1-3-9(2)13(16(21)22)19-15(20)12-8-11(17)7-10-5-4-6-18-14(10)12/h4-9,13H,3H2,1-2H3,(H,19,20)(H,21,22). The van der Waals surface area contributed by atoms with Crippen LogP contribution in [0.1, 0.15) is 30.6 Å². The van der Waals surface area contributed by atoms with Gasteiger partial charge in [-0.25, -0.2) is 9.18 Å². The SMILES string of the molecule is CCC(C)C(NC(=O)c1cc(F)cc2cccnc12)C(=O)O. The van der Waals surface area contributed by atoms with Crippen LogP contribution in [0.2, 0.25) is 0 Å². The molecule has 1 heterocycles. The molecule has 2 N–H and O–H groups in total. The molecule has 5 nitrogen and oxygen atoms in total. The Hall–Kier alpha value is -2.50. The van der Waals surface area contributed by atoms with E-state index in [9.17, 15) is 19.1 Å². The number of pyridine rings is 1. The first-order chi connectivity index (χ1) is 10.4. The highest BCUT2D eigenvalue weighted by atomic mass is 19.1. The number of hydrogen-bond acceptors (Lipinski definition) is 3. The van der Waals surface area contributed by atoms with Crippen LogP contribution in [0.5, 0.6) is 0 Å². The van der Waals surface area contributed by atoms with E-state index in [2.05, 4.69) is 10.3 Å². The lowest BCUT2D eigenvalue weighted by Crippen LogP contribution is -2.45. The Morgan fingerprint density at radius 2 is 2.14 bits per heavy atom. The Kier molecular flexibility index (Phi) is 4.70. The van der Waals surface area contributed by atoms with Gasteiger partial charge in [0.15, 0.2) is 0 Å². The first kappa shape index (κ1) is 15.9. The summed E-state index contributed by atoms with van der Waals surface area (Å²) in [6.45, 7) is 3.58. The lowest BCUT2D eigenvalue weighted by Gasteiger charge is -2.20. The van der Waals surface area contributed by atoms with Crippen LogP contribution in [0.4, 0.5) is 4.39 Å². The second-order valence-corrected chi connectivity index (χ2v) is 5.20. The van der Waals surface area contributed by atoms with Gasteiger partial charge >= 0.3 is 5.97 Å². The number of rotatable bonds is 5. The minimum Gasteiger partial charge on any atom is -0.480 e. The molecule has 0 fully saturated rings. The maximum absolute atomic E-state index is 13.7. The van der Waals surface area contributed by atoms with Crippen LogP contribution in [0.15, 0.2) is 30.5 Å². The Bertz CT molecular complexity index is 718. The van der Waals surface area contributed by atoms with E-state index in [0.29, 0.717) is 17.3 Å². The van der Waals surface area contributed by atoms with Gasteiger partial charge in [-0.3, -0.25) is 9.78 Å². The fraction of sp³-hybridized carbons (Fsp3) is 0.312. The average Bonchev–Trinajstić information content (AvgIpc) is 2.50. The van der Waals surface area contributed by atoms with E-state index in [1.807, 2.05) is 6.92 Å². The highest BCUT2D eigenvalue weighted by molar-refractivity contribution is 6.06. The summed E-state index contributed by atoms with van der Waals surface area (Å²) in [5.74, 6) is -2.57. The van der Waals surface area contributed by atoms with Crippen LogP contribution in [-0.2, 0) is 4.79 Å². The van der Waals surface area contributed by atoms with Gasteiger partial charge in [0.1, 0.15) is 11.9 Å². The second kappa shape index (κ2) is 6.51. The van der Waals surface area contributed by atoms with Crippen molar-refractivity contribution >= 4 is 22.8 Å². The van der Waals surface area contributed by atoms with Crippen molar-refractivity contribution in [2.75, 3.05) is 0 Å². The predicted molar refractivity (Wildman–Crippen MR) is 80.0 cm³/mol.